The molecular weight excluding hydrogens is 763 g/mol. The summed E-state index contributed by atoms with van der Waals surface area (Å²) in [6.07, 6.45) is 17.7. The minimum atomic E-state index is -0.680. The first-order valence-corrected chi connectivity index (χ1v) is 23.5. The number of rotatable bonds is 22. The summed E-state index contributed by atoms with van der Waals surface area (Å²) in [6, 6.07) is 26.9. The van der Waals surface area contributed by atoms with Crippen LogP contribution in [-0.4, -0.2) is 84.1 Å². The fourth-order valence-electron chi connectivity index (χ4n) is 9.53. The number of carbonyl (C=O) groups is 5. The summed E-state index contributed by atoms with van der Waals surface area (Å²) >= 11 is 0. The summed E-state index contributed by atoms with van der Waals surface area (Å²) in [5.41, 5.74) is 3.22. The quantitative estimate of drug-likeness (QED) is 0.0886. The number of nitrogens with one attached hydrogen (secondary N) is 3. The van der Waals surface area contributed by atoms with E-state index in [1.54, 1.807) is 34.1 Å². The molecule has 4 fully saturated rings. The Hall–Kier alpha value is -4.99. The SMILES string of the molecule is CCCCCCCCCCCCCCNC(=O)[C@H]1CCN(C(=O)c2ccc(C(=O)N3C[C@@H](C(=O)N[C@H]4CC4c4ccccc4)[C@H](C(=O)N[C@H]4C[C@@H]4c4ccccc4)C3)cc2)C1. The van der Waals surface area contributed by atoms with E-state index in [2.05, 4.69) is 47.1 Å². The van der Waals surface area contributed by atoms with Crippen LogP contribution in [0, 0.1) is 17.8 Å². The van der Waals surface area contributed by atoms with Gasteiger partial charge in [0.2, 0.25) is 17.7 Å². The largest absolute Gasteiger partial charge is 0.356 e. The van der Waals surface area contributed by atoms with Gasteiger partial charge in [0.15, 0.2) is 0 Å². The Morgan fingerprint density at radius 1 is 0.525 bits per heavy atom. The van der Waals surface area contributed by atoms with Crippen molar-refractivity contribution in [1.29, 1.82) is 0 Å². The zero-order chi connectivity index (χ0) is 42.6. The monoisotopic (exact) mass is 830 g/mol. The van der Waals surface area contributed by atoms with E-state index in [1.165, 1.54) is 75.3 Å². The van der Waals surface area contributed by atoms with E-state index in [0.29, 0.717) is 37.2 Å². The molecule has 0 spiro atoms. The minimum Gasteiger partial charge on any atom is -0.356 e. The first-order valence-electron chi connectivity index (χ1n) is 23.5. The van der Waals surface area contributed by atoms with Gasteiger partial charge in [0, 0.05) is 67.8 Å². The van der Waals surface area contributed by atoms with Gasteiger partial charge in [-0.05, 0) is 61.1 Å². The van der Waals surface area contributed by atoms with Crippen LogP contribution in [0.15, 0.2) is 84.9 Å². The number of unbranched alkanes of at least 4 members (excludes halogenated alkanes) is 11. The highest BCUT2D eigenvalue weighted by Crippen LogP contribution is 2.42. The van der Waals surface area contributed by atoms with E-state index < -0.39 is 11.8 Å². The van der Waals surface area contributed by atoms with Gasteiger partial charge in [-0.1, -0.05) is 138 Å². The van der Waals surface area contributed by atoms with Gasteiger partial charge in [-0.2, -0.15) is 0 Å². The molecule has 2 saturated heterocycles. The standard InChI is InChI=1S/C51H67N5O5/c1-2-3-4-5-6-7-8-9-10-11-12-19-29-52-47(57)40-28-30-55(33-40)50(60)38-24-26-39(27-25-38)51(61)56-34-43(48(58)53-45-31-41(45)36-20-15-13-16-21-36)44(35-56)49(59)54-46-32-42(46)37-22-17-14-18-23-37/h13-18,20-27,40-46H,2-12,19,28-35H2,1H3,(H,52,57)(H,53,58)(H,54,59)/t40-,41+,42?,43+,44+,45-,46-/m0/s1. The van der Waals surface area contributed by atoms with Gasteiger partial charge in [0.05, 0.1) is 17.8 Å². The molecule has 5 amide bonds. The van der Waals surface area contributed by atoms with E-state index in [0.717, 1.165) is 25.7 Å². The molecule has 326 valence electrons. The molecule has 4 aliphatic rings. The molecule has 3 aromatic rings. The highest BCUT2D eigenvalue weighted by atomic mass is 16.2. The summed E-state index contributed by atoms with van der Waals surface area (Å²) in [6.45, 7) is 4.09. The molecule has 10 heteroatoms. The van der Waals surface area contributed by atoms with Crippen LogP contribution in [0.1, 0.15) is 147 Å². The van der Waals surface area contributed by atoms with Gasteiger partial charge >= 0.3 is 0 Å². The Morgan fingerprint density at radius 2 is 0.967 bits per heavy atom. The van der Waals surface area contributed by atoms with E-state index in [1.807, 2.05) is 36.4 Å². The molecule has 7 rings (SSSR count). The van der Waals surface area contributed by atoms with Crippen LogP contribution in [0.3, 0.4) is 0 Å². The van der Waals surface area contributed by atoms with Crippen LogP contribution >= 0.6 is 0 Å². The Kier molecular flexibility index (Phi) is 15.7. The van der Waals surface area contributed by atoms with Crippen molar-refractivity contribution in [2.45, 2.75) is 127 Å². The van der Waals surface area contributed by atoms with Gasteiger partial charge in [-0.25, -0.2) is 0 Å². The maximum absolute atomic E-state index is 13.9. The predicted octanol–water partition coefficient (Wildman–Crippen LogP) is 8.00. The molecule has 2 heterocycles. The maximum Gasteiger partial charge on any atom is 0.253 e. The first kappa shape index (κ1) is 44.1. The summed E-state index contributed by atoms with van der Waals surface area (Å²) in [5, 5.41) is 9.49. The summed E-state index contributed by atoms with van der Waals surface area (Å²) in [5.74, 6) is -1.91. The van der Waals surface area contributed by atoms with Crippen molar-refractivity contribution in [3.8, 4) is 0 Å². The van der Waals surface area contributed by atoms with Crippen molar-refractivity contribution >= 4 is 29.5 Å². The van der Waals surface area contributed by atoms with Crippen LogP contribution in [-0.2, 0) is 14.4 Å². The zero-order valence-electron chi connectivity index (χ0n) is 36.2. The van der Waals surface area contributed by atoms with Crippen LogP contribution in [0.25, 0.3) is 0 Å². The van der Waals surface area contributed by atoms with E-state index >= 15 is 0 Å². The molecule has 1 unspecified atom stereocenters. The van der Waals surface area contributed by atoms with Crippen molar-refractivity contribution in [1.82, 2.24) is 25.8 Å². The number of nitrogens with zero attached hydrogens (tertiary/aromatic N) is 2. The molecule has 2 aliphatic carbocycles. The third-order valence-corrected chi connectivity index (χ3v) is 13.5. The Morgan fingerprint density at radius 3 is 1.44 bits per heavy atom. The summed E-state index contributed by atoms with van der Waals surface area (Å²) < 4.78 is 0. The number of hydrogen-bond acceptors (Lipinski definition) is 5. The molecule has 61 heavy (non-hydrogen) atoms. The number of likely N-dealkylation sites (tertiary alicyclic amines) is 2. The maximum atomic E-state index is 13.9. The number of benzene rings is 3. The van der Waals surface area contributed by atoms with Crippen LogP contribution in [0.5, 0.6) is 0 Å². The minimum absolute atomic E-state index is 0.00340. The second kappa shape index (κ2) is 21.7. The lowest BCUT2D eigenvalue weighted by molar-refractivity contribution is -0.133. The van der Waals surface area contributed by atoms with Crippen LogP contribution in [0.4, 0.5) is 0 Å². The smallest absolute Gasteiger partial charge is 0.253 e. The van der Waals surface area contributed by atoms with Crippen molar-refractivity contribution in [3.05, 3.63) is 107 Å². The third kappa shape index (κ3) is 12.1. The molecule has 3 N–H and O–H groups in total. The fraction of sp³-hybridized carbons (Fsp3) is 0.549. The summed E-state index contributed by atoms with van der Waals surface area (Å²) in [7, 11) is 0. The van der Waals surface area contributed by atoms with Gasteiger partial charge in [-0.3, -0.25) is 24.0 Å². The average Bonchev–Trinajstić information content (AvgIpc) is 4.11. The van der Waals surface area contributed by atoms with Gasteiger partial charge in [-0.15, -0.1) is 0 Å². The topological polar surface area (TPSA) is 128 Å². The van der Waals surface area contributed by atoms with Crippen LogP contribution < -0.4 is 16.0 Å². The lowest BCUT2D eigenvalue weighted by Crippen LogP contribution is -2.43. The van der Waals surface area contributed by atoms with Gasteiger partial charge < -0.3 is 25.8 Å². The fourth-order valence-corrected chi connectivity index (χ4v) is 9.53. The molecule has 3 aromatic carbocycles. The molecule has 10 nitrogen and oxygen atoms in total. The van der Waals surface area contributed by atoms with E-state index in [-0.39, 0.29) is 72.5 Å². The van der Waals surface area contributed by atoms with E-state index in [9.17, 15) is 24.0 Å². The Labute approximate surface area is 363 Å². The third-order valence-electron chi connectivity index (χ3n) is 13.5. The second-order valence-corrected chi connectivity index (χ2v) is 18.2. The highest BCUT2D eigenvalue weighted by Gasteiger charge is 2.49. The van der Waals surface area contributed by atoms with E-state index in [4.69, 9.17) is 0 Å². The normalized spacial score (nSPS) is 24.0. The number of amides is 5. The summed E-state index contributed by atoms with van der Waals surface area (Å²) in [4.78, 5) is 71.4. The highest BCUT2D eigenvalue weighted by molar-refractivity contribution is 5.99. The average molecular weight is 830 g/mol. The molecule has 0 bridgehead atoms. The molecule has 2 aliphatic heterocycles. The molecule has 2 saturated carbocycles. The lowest BCUT2D eigenvalue weighted by atomic mass is 9.94. The van der Waals surface area contributed by atoms with Crippen molar-refractivity contribution in [3.63, 3.8) is 0 Å². The Bertz CT molecular complexity index is 1850. The molecule has 0 aromatic heterocycles. The number of hydrogen-bond donors (Lipinski definition) is 3. The van der Waals surface area contributed by atoms with Crippen molar-refractivity contribution in [2.75, 3.05) is 32.7 Å². The lowest BCUT2D eigenvalue weighted by Gasteiger charge is -2.18. The molecule has 7 atom stereocenters. The Balaban J connectivity index is 0.863. The van der Waals surface area contributed by atoms with Crippen molar-refractivity contribution in [2.24, 2.45) is 17.8 Å². The molecule has 0 radical (unpaired) electrons. The van der Waals surface area contributed by atoms with Gasteiger partial charge in [0.25, 0.3) is 11.8 Å². The first-order chi connectivity index (χ1) is 29.8. The van der Waals surface area contributed by atoms with Crippen LogP contribution in [0.2, 0.25) is 0 Å². The number of carbonyl (C=O) groups excluding carboxylic acids is 5. The predicted molar refractivity (Wildman–Crippen MR) is 239 cm³/mol. The molecular formula is C51H67N5O5. The van der Waals surface area contributed by atoms with Crippen molar-refractivity contribution < 1.29 is 24.0 Å². The second-order valence-electron chi connectivity index (χ2n) is 18.2. The van der Waals surface area contributed by atoms with Gasteiger partial charge in [0.1, 0.15) is 0 Å². The zero-order valence-corrected chi connectivity index (χ0v) is 36.2.